The molecule has 0 saturated carbocycles. The lowest BCUT2D eigenvalue weighted by molar-refractivity contribution is -0.0246. The van der Waals surface area contributed by atoms with Gasteiger partial charge in [0.1, 0.15) is 0 Å². The number of aromatic amines is 1. The maximum Gasteiger partial charge on any atom is 0.304 e. The molecule has 2 unspecified atom stereocenters. The minimum Gasteiger partial charge on any atom is -0.378 e. The number of ether oxygens (including phenoxy) is 1. The van der Waals surface area contributed by atoms with Crippen LogP contribution in [0.4, 0.5) is 0 Å². The fraction of sp³-hybridized carbons (Fsp3) is 0.750. The summed E-state index contributed by atoms with van der Waals surface area (Å²) in [5, 5.41) is 5.38. The van der Waals surface area contributed by atoms with Gasteiger partial charge in [0, 0.05) is 30.3 Å². The summed E-state index contributed by atoms with van der Waals surface area (Å²) in [6.45, 7) is 5.97. The molecule has 96 valence electrons. The van der Waals surface area contributed by atoms with Crippen molar-refractivity contribution in [3.63, 3.8) is 0 Å². The standard InChI is InChI=1S/C12H20N2O2S/c1-8(2)11-5-9(3-4-16-11)13-6-10-7-17-12(15)14-10/h7-9,11,13H,3-6H2,1-2H3,(H,14,15). The van der Waals surface area contributed by atoms with Crippen LogP contribution in [0.15, 0.2) is 10.2 Å². The molecule has 2 N–H and O–H groups in total. The van der Waals surface area contributed by atoms with Crippen LogP contribution < -0.4 is 10.2 Å². The SMILES string of the molecule is CC(C)C1CC(NCc2csc(=O)[nH]2)CCO1. The highest BCUT2D eigenvalue weighted by Crippen LogP contribution is 2.20. The van der Waals surface area contributed by atoms with Crippen LogP contribution in [-0.4, -0.2) is 23.7 Å². The Hall–Kier alpha value is -0.650. The molecule has 2 rings (SSSR count). The second-order valence-electron chi connectivity index (χ2n) is 4.93. The Kier molecular flexibility index (Phi) is 4.36. The molecule has 4 nitrogen and oxygen atoms in total. The molecular formula is C12H20N2O2S. The molecule has 17 heavy (non-hydrogen) atoms. The summed E-state index contributed by atoms with van der Waals surface area (Å²) < 4.78 is 5.73. The zero-order valence-electron chi connectivity index (χ0n) is 10.4. The predicted octanol–water partition coefficient (Wildman–Crippen LogP) is 1.73. The summed E-state index contributed by atoms with van der Waals surface area (Å²) in [6.07, 6.45) is 2.48. The van der Waals surface area contributed by atoms with E-state index in [1.165, 1.54) is 11.3 Å². The summed E-state index contributed by atoms with van der Waals surface area (Å²) >= 11 is 1.22. The highest BCUT2D eigenvalue weighted by atomic mass is 32.1. The van der Waals surface area contributed by atoms with E-state index in [-0.39, 0.29) is 4.87 Å². The molecular weight excluding hydrogens is 236 g/mol. The normalized spacial score (nSPS) is 25.4. The van der Waals surface area contributed by atoms with Crippen LogP contribution in [0.3, 0.4) is 0 Å². The largest absolute Gasteiger partial charge is 0.378 e. The van der Waals surface area contributed by atoms with Gasteiger partial charge < -0.3 is 15.0 Å². The van der Waals surface area contributed by atoms with Crippen LogP contribution in [0.5, 0.6) is 0 Å². The molecule has 1 saturated heterocycles. The van der Waals surface area contributed by atoms with Crippen molar-refractivity contribution in [1.29, 1.82) is 0 Å². The Morgan fingerprint density at radius 2 is 2.47 bits per heavy atom. The highest BCUT2D eigenvalue weighted by molar-refractivity contribution is 7.07. The van der Waals surface area contributed by atoms with Crippen LogP contribution in [0.1, 0.15) is 32.4 Å². The van der Waals surface area contributed by atoms with E-state index in [9.17, 15) is 4.79 Å². The van der Waals surface area contributed by atoms with Crippen molar-refractivity contribution in [2.75, 3.05) is 6.61 Å². The van der Waals surface area contributed by atoms with Crippen molar-refractivity contribution in [1.82, 2.24) is 10.3 Å². The van der Waals surface area contributed by atoms with E-state index < -0.39 is 0 Å². The first-order valence-electron chi connectivity index (χ1n) is 6.17. The van der Waals surface area contributed by atoms with Crippen molar-refractivity contribution < 1.29 is 4.74 Å². The van der Waals surface area contributed by atoms with Crippen molar-refractivity contribution in [2.24, 2.45) is 5.92 Å². The molecule has 2 heterocycles. The molecule has 1 aromatic heterocycles. The summed E-state index contributed by atoms with van der Waals surface area (Å²) in [5.41, 5.74) is 0.979. The van der Waals surface area contributed by atoms with E-state index in [0.717, 1.165) is 31.7 Å². The Morgan fingerprint density at radius 3 is 3.12 bits per heavy atom. The van der Waals surface area contributed by atoms with Crippen LogP contribution in [0, 0.1) is 5.92 Å². The van der Waals surface area contributed by atoms with Gasteiger partial charge in [-0.1, -0.05) is 25.2 Å². The van der Waals surface area contributed by atoms with Gasteiger partial charge in [-0.25, -0.2) is 0 Å². The Morgan fingerprint density at radius 1 is 1.65 bits per heavy atom. The lowest BCUT2D eigenvalue weighted by atomic mass is 9.95. The van der Waals surface area contributed by atoms with E-state index in [4.69, 9.17) is 4.74 Å². The van der Waals surface area contributed by atoms with Crippen molar-refractivity contribution in [3.8, 4) is 0 Å². The number of H-pyrrole nitrogens is 1. The molecule has 0 amide bonds. The summed E-state index contributed by atoms with van der Waals surface area (Å²) in [5.74, 6) is 0.570. The molecule has 5 heteroatoms. The number of nitrogens with one attached hydrogen (secondary N) is 2. The van der Waals surface area contributed by atoms with Gasteiger partial charge in [0.2, 0.25) is 0 Å². The Balaban J connectivity index is 1.81. The molecule has 2 atom stereocenters. The van der Waals surface area contributed by atoms with Gasteiger partial charge in [-0.15, -0.1) is 0 Å². The highest BCUT2D eigenvalue weighted by Gasteiger charge is 2.24. The average molecular weight is 256 g/mol. The van der Waals surface area contributed by atoms with Gasteiger partial charge in [-0.2, -0.15) is 0 Å². The fourth-order valence-electron chi connectivity index (χ4n) is 2.13. The second-order valence-corrected chi connectivity index (χ2v) is 5.77. The number of hydrogen-bond donors (Lipinski definition) is 2. The number of rotatable bonds is 4. The van der Waals surface area contributed by atoms with Crippen LogP contribution in [0.25, 0.3) is 0 Å². The minimum atomic E-state index is 0.0221. The average Bonchev–Trinajstić information content (AvgIpc) is 2.73. The Bertz CT molecular complexity index is 399. The van der Waals surface area contributed by atoms with E-state index in [2.05, 4.69) is 24.1 Å². The van der Waals surface area contributed by atoms with Gasteiger partial charge in [0.25, 0.3) is 0 Å². The van der Waals surface area contributed by atoms with Gasteiger partial charge in [0.15, 0.2) is 0 Å². The molecule has 0 aromatic carbocycles. The maximum absolute atomic E-state index is 11.0. The Labute approximate surface area is 105 Å². The van der Waals surface area contributed by atoms with E-state index in [1.54, 1.807) is 0 Å². The predicted molar refractivity (Wildman–Crippen MR) is 69.4 cm³/mol. The van der Waals surface area contributed by atoms with E-state index in [1.807, 2.05) is 5.38 Å². The second kappa shape index (κ2) is 5.80. The number of thiazole rings is 1. The lowest BCUT2D eigenvalue weighted by Crippen LogP contribution is -2.40. The monoisotopic (exact) mass is 256 g/mol. The van der Waals surface area contributed by atoms with E-state index in [0.29, 0.717) is 18.1 Å². The quantitative estimate of drug-likeness (QED) is 0.862. The molecule has 1 fully saturated rings. The fourth-order valence-corrected chi connectivity index (χ4v) is 2.71. The lowest BCUT2D eigenvalue weighted by Gasteiger charge is -2.32. The summed E-state index contributed by atoms with van der Waals surface area (Å²) in [7, 11) is 0. The molecule has 1 aromatic rings. The minimum absolute atomic E-state index is 0.0221. The smallest absolute Gasteiger partial charge is 0.304 e. The first-order chi connectivity index (χ1) is 8.15. The molecule has 0 spiro atoms. The molecule has 0 radical (unpaired) electrons. The van der Waals surface area contributed by atoms with Crippen LogP contribution in [-0.2, 0) is 11.3 Å². The van der Waals surface area contributed by atoms with Crippen LogP contribution >= 0.6 is 11.3 Å². The summed E-state index contributed by atoms with van der Waals surface area (Å²) in [4.78, 5) is 13.8. The first kappa shape index (κ1) is 12.8. The molecule has 0 bridgehead atoms. The summed E-state index contributed by atoms with van der Waals surface area (Å²) in [6, 6.07) is 0.500. The van der Waals surface area contributed by atoms with Crippen molar-refractivity contribution in [3.05, 3.63) is 20.7 Å². The van der Waals surface area contributed by atoms with Gasteiger partial charge in [-0.05, 0) is 18.8 Å². The van der Waals surface area contributed by atoms with Crippen molar-refractivity contribution in [2.45, 2.75) is 45.4 Å². The third kappa shape index (κ3) is 3.66. The van der Waals surface area contributed by atoms with Gasteiger partial charge in [0.05, 0.1) is 6.10 Å². The molecule has 1 aliphatic heterocycles. The van der Waals surface area contributed by atoms with Crippen molar-refractivity contribution >= 4 is 11.3 Å². The van der Waals surface area contributed by atoms with Gasteiger partial charge >= 0.3 is 4.87 Å². The van der Waals surface area contributed by atoms with E-state index >= 15 is 0 Å². The third-order valence-corrected chi connectivity index (χ3v) is 3.93. The first-order valence-corrected chi connectivity index (χ1v) is 7.05. The zero-order chi connectivity index (χ0) is 12.3. The topological polar surface area (TPSA) is 54.1 Å². The third-order valence-electron chi connectivity index (χ3n) is 3.21. The number of aromatic nitrogens is 1. The zero-order valence-corrected chi connectivity index (χ0v) is 11.2. The molecule has 0 aliphatic carbocycles. The number of hydrogen-bond acceptors (Lipinski definition) is 4. The van der Waals surface area contributed by atoms with Crippen LogP contribution in [0.2, 0.25) is 0 Å². The molecule has 1 aliphatic rings. The van der Waals surface area contributed by atoms with Gasteiger partial charge in [-0.3, -0.25) is 4.79 Å². The maximum atomic E-state index is 11.0.